The van der Waals surface area contributed by atoms with E-state index in [2.05, 4.69) is 51.8 Å². The molecule has 2 N–H and O–H groups in total. The summed E-state index contributed by atoms with van der Waals surface area (Å²) in [5.74, 6) is 0.682. The van der Waals surface area contributed by atoms with E-state index in [1.807, 2.05) is 11.8 Å². The minimum Gasteiger partial charge on any atom is -0.379 e. The van der Waals surface area contributed by atoms with Crippen molar-refractivity contribution in [2.45, 2.75) is 82.8 Å². The summed E-state index contributed by atoms with van der Waals surface area (Å²) in [5.41, 5.74) is 3.77. The van der Waals surface area contributed by atoms with Gasteiger partial charge in [-0.3, -0.25) is 4.79 Å². The number of anilines is 1. The number of amides is 1. The molecule has 0 saturated carbocycles. The van der Waals surface area contributed by atoms with Crippen molar-refractivity contribution in [2.75, 3.05) is 45.3 Å². The molecule has 0 radical (unpaired) electrons. The molecule has 3 aliphatic heterocycles. The first-order valence-electron chi connectivity index (χ1n) is 14.4. The highest BCUT2D eigenvalue weighted by atomic mass is 16.5. The van der Waals surface area contributed by atoms with Crippen molar-refractivity contribution in [3.8, 4) is 0 Å². The summed E-state index contributed by atoms with van der Waals surface area (Å²) in [5, 5.41) is 7.20. The number of aromatic nitrogens is 2. The molecule has 1 unspecified atom stereocenters. The lowest BCUT2D eigenvalue weighted by molar-refractivity contribution is -0.0533. The van der Waals surface area contributed by atoms with Gasteiger partial charge in [-0.15, -0.1) is 0 Å². The predicted octanol–water partition coefficient (Wildman–Crippen LogP) is 3.81. The Hall–Kier alpha value is -2.59. The van der Waals surface area contributed by atoms with E-state index >= 15 is 0 Å². The zero-order valence-electron chi connectivity index (χ0n) is 23.5. The Morgan fingerprint density at radius 3 is 2.77 bits per heavy atom. The second-order valence-corrected chi connectivity index (χ2v) is 11.1. The second kappa shape index (κ2) is 13.2. The van der Waals surface area contributed by atoms with Crippen LogP contribution in [0.3, 0.4) is 0 Å². The third kappa shape index (κ3) is 6.95. The number of piperidine rings is 1. The molecule has 1 amide bonds. The molecule has 212 valence electrons. The van der Waals surface area contributed by atoms with E-state index in [-0.39, 0.29) is 24.2 Å². The molecule has 4 atom stereocenters. The standard InChI is InChI=1S/C30H43N5O4/c1-20-6-4-7-22(16-20)26-9-5-8-24(39-26)17-31-29-21(2)28(32-19-33-29)30(36)35-13-10-23(11-14-35)34-25-12-15-38-18-27(25)37-3/h4,6-7,16,19,23-27,34H,5,8-15,17-18H2,1-3H3,(H,31,32,33)/t24?,25-,26+,27+/m1/s1. The number of likely N-dealkylation sites (tertiary alicyclic amines) is 1. The summed E-state index contributed by atoms with van der Waals surface area (Å²) < 4.78 is 17.6. The fraction of sp³-hybridized carbons (Fsp3) is 0.633. The molecule has 0 spiro atoms. The third-order valence-corrected chi connectivity index (χ3v) is 8.39. The van der Waals surface area contributed by atoms with Gasteiger partial charge in [0.05, 0.1) is 24.9 Å². The van der Waals surface area contributed by atoms with Crippen molar-refractivity contribution in [3.05, 3.63) is 53.0 Å². The van der Waals surface area contributed by atoms with Crippen molar-refractivity contribution in [1.29, 1.82) is 0 Å². The molecule has 1 aromatic carbocycles. The molecule has 3 fully saturated rings. The van der Waals surface area contributed by atoms with Gasteiger partial charge in [0.25, 0.3) is 5.91 Å². The Morgan fingerprint density at radius 1 is 1.13 bits per heavy atom. The van der Waals surface area contributed by atoms with Gasteiger partial charge < -0.3 is 29.7 Å². The van der Waals surface area contributed by atoms with Gasteiger partial charge in [-0.1, -0.05) is 29.8 Å². The molecule has 9 nitrogen and oxygen atoms in total. The number of aryl methyl sites for hydroxylation is 1. The van der Waals surface area contributed by atoms with E-state index in [1.165, 1.54) is 17.5 Å². The van der Waals surface area contributed by atoms with Gasteiger partial charge in [-0.2, -0.15) is 0 Å². The lowest BCUT2D eigenvalue weighted by Gasteiger charge is -2.38. The number of carbonyl (C=O) groups excluding carboxylic acids is 1. The van der Waals surface area contributed by atoms with Crippen LogP contribution in [0.25, 0.3) is 0 Å². The van der Waals surface area contributed by atoms with Crippen molar-refractivity contribution >= 4 is 11.7 Å². The van der Waals surface area contributed by atoms with Gasteiger partial charge in [-0.25, -0.2) is 9.97 Å². The fourth-order valence-electron chi connectivity index (χ4n) is 6.06. The number of nitrogens with zero attached hydrogens (tertiary/aromatic N) is 3. The van der Waals surface area contributed by atoms with Crippen molar-refractivity contribution in [1.82, 2.24) is 20.2 Å². The van der Waals surface area contributed by atoms with Crippen LogP contribution >= 0.6 is 0 Å². The lowest BCUT2D eigenvalue weighted by Crippen LogP contribution is -2.54. The summed E-state index contributed by atoms with van der Waals surface area (Å²) in [6.07, 6.45) is 7.74. The average Bonchev–Trinajstić information content (AvgIpc) is 2.97. The van der Waals surface area contributed by atoms with Crippen LogP contribution in [-0.2, 0) is 14.2 Å². The fourth-order valence-corrected chi connectivity index (χ4v) is 6.06. The minimum absolute atomic E-state index is 0.0225. The van der Waals surface area contributed by atoms with Crippen LogP contribution in [0, 0.1) is 13.8 Å². The highest BCUT2D eigenvalue weighted by Gasteiger charge is 2.31. The summed E-state index contributed by atoms with van der Waals surface area (Å²) in [6, 6.07) is 9.26. The van der Waals surface area contributed by atoms with Gasteiger partial charge in [0.2, 0.25) is 0 Å². The average molecular weight is 538 g/mol. The maximum absolute atomic E-state index is 13.4. The van der Waals surface area contributed by atoms with Gasteiger partial charge >= 0.3 is 0 Å². The van der Waals surface area contributed by atoms with Gasteiger partial charge in [0.1, 0.15) is 17.8 Å². The number of carbonyl (C=O) groups is 1. The molecular formula is C30H43N5O4. The Morgan fingerprint density at radius 2 is 1.97 bits per heavy atom. The Kier molecular flexibility index (Phi) is 9.45. The number of hydrogen-bond acceptors (Lipinski definition) is 8. The Labute approximate surface area is 232 Å². The van der Waals surface area contributed by atoms with Crippen LogP contribution in [-0.4, -0.2) is 85.0 Å². The van der Waals surface area contributed by atoms with Crippen LogP contribution in [0.5, 0.6) is 0 Å². The summed E-state index contributed by atoms with van der Waals surface area (Å²) in [7, 11) is 1.74. The molecule has 3 aliphatic rings. The molecule has 1 aromatic heterocycles. The highest BCUT2D eigenvalue weighted by molar-refractivity contribution is 5.94. The topological polar surface area (TPSA) is 97.8 Å². The van der Waals surface area contributed by atoms with Crippen molar-refractivity contribution in [3.63, 3.8) is 0 Å². The van der Waals surface area contributed by atoms with Crippen LogP contribution in [0.2, 0.25) is 0 Å². The lowest BCUT2D eigenvalue weighted by atomic mass is 9.97. The molecule has 0 aliphatic carbocycles. The SMILES string of the molecule is CO[C@H]1COCC[C@H]1NC1CCN(C(=O)c2ncnc(NCC3CCC[C@@H](c4cccc(C)c4)O3)c2C)CC1. The molecule has 39 heavy (non-hydrogen) atoms. The zero-order chi connectivity index (χ0) is 27.2. The summed E-state index contributed by atoms with van der Waals surface area (Å²) >= 11 is 0. The highest BCUT2D eigenvalue weighted by Crippen LogP contribution is 2.32. The van der Waals surface area contributed by atoms with Crippen LogP contribution in [0.4, 0.5) is 5.82 Å². The second-order valence-electron chi connectivity index (χ2n) is 11.1. The van der Waals surface area contributed by atoms with Gasteiger partial charge in [-0.05, 0) is 57.9 Å². The number of benzene rings is 1. The monoisotopic (exact) mass is 537 g/mol. The summed E-state index contributed by atoms with van der Waals surface area (Å²) in [4.78, 5) is 24.2. The van der Waals surface area contributed by atoms with E-state index in [4.69, 9.17) is 14.2 Å². The van der Waals surface area contributed by atoms with E-state index in [0.717, 1.165) is 50.7 Å². The molecular weight excluding hydrogens is 494 g/mol. The predicted molar refractivity (Wildman–Crippen MR) is 150 cm³/mol. The first-order valence-corrected chi connectivity index (χ1v) is 14.4. The maximum Gasteiger partial charge on any atom is 0.272 e. The molecule has 9 heteroatoms. The summed E-state index contributed by atoms with van der Waals surface area (Å²) in [6.45, 7) is 7.51. The zero-order valence-corrected chi connectivity index (χ0v) is 23.5. The number of methoxy groups -OCH3 is 1. The first kappa shape index (κ1) is 28.0. The van der Waals surface area contributed by atoms with Crippen LogP contribution in [0.1, 0.15) is 71.8 Å². The van der Waals surface area contributed by atoms with Crippen LogP contribution < -0.4 is 10.6 Å². The normalized spacial score (nSPS) is 26.4. The number of ether oxygens (including phenoxy) is 3. The molecule has 2 aromatic rings. The molecule has 3 saturated heterocycles. The minimum atomic E-state index is -0.0225. The van der Waals surface area contributed by atoms with Crippen molar-refractivity contribution in [2.24, 2.45) is 0 Å². The van der Waals surface area contributed by atoms with Gasteiger partial charge in [0.15, 0.2) is 0 Å². The Bertz CT molecular complexity index is 1110. The third-order valence-electron chi connectivity index (χ3n) is 8.39. The maximum atomic E-state index is 13.4. The number of rotatable bonds is 8. The smallest absolute Gasteiger partial charge is 0.272 e. The van der Waals surface area contributed by atoms with E-state index < -0.39 is 0 Å². The quantitative estimate of drug-likeness (QED) is 0.525. The molecule has 5 rings (SSSR count). The number of hydrogen-bond donors (Lipinski definition) is 2. The van der Waals surface area contributed by atoms with Crippen LogP contribution in [0.15, 0.2) is 30.6 Å². The molecule has 4 heterocycles. The largest absolute Gasteiger partial charge is 0.379 e. The Balaban J connectivity index is 1.14. The van der Waals surface area contributed by atoms with E-state index in [9.17, 15) is 4.79 Å². The van der Waals surface area contributed by atoms with E-state index in [0.29, 0.717) is 49.8 Å². The molecule has 0 bridgehead atoms. The first-order chi connectivity index (χ1) is 19.0. The van der Waals surface area contributed by atoms with Gasteiger partial charge in [0, 0.05) is 51.0 Å². The number of nitrogens with one attached hydrogen (secondary N) is 2. The van der Waals surface area contributed by atoms with E-state index in [1.54, 1.807) is 7.11 Å². The van der Waals surface area contributed by atoms with Crippen molar-refractivity contribution < 1.29 is 19.0 Å².